The van der Waals surface area contributed by atoms with Gasteiger partial charge in [-0.15, -0.1) is 11.3 Å². The molecule has 12 heavy (non-hydrogen) atoms. The lowest BCUT2D eigenvalue weighted by atomic mass is 10.1. The number of benzene rings is 1. The third-order valence-electron chi connectivity index (χ3n) is 1.94. The normalized spacial score (nSPS) is 10.8. The summed E-state index contributed by atoms with van der Waals surface area (Å²) in [5.74, 6) is 0. The molecule has 62 valence electrons. The van der Waals surface area contributed by atoms with Gasteiger partial charge in [0.25, 0.3) is 0 Å². The van der Waals surface area contributed by atoms with Crippen LogP contribution in [0.25, 0.3) is 10.1 Å². The maximum absolute atomic E-state index is 8.82. The fourth-order valence-corrected chi connectivity index (χ4v) is 2.32. The van der Waals surface area contributed by atoms with Gasteiger partial charge in [0, 0.05) is 11.3 Å². The van der Waals surface area contributed by atoms with E-state index in [2.05, 4.69) is 23.6 Å². The van der Waals surface area contributed by atoms with Gasteiger partial charge < -0.3 is 5.11 Å². The molecule has 0 spiro atoms. The predicted molar refractivity (Wildman–Crippen MR) is 52.6 cm³/mol. The second-order valence-corrected chi connectivity index (χ2v) is 3.65. The average Bonchev–Trinajstić information content (AvgIpc) is 2.53. The van der Waals surface area contributed by atoms with E-state index in [0.717, 1.165) is 6.42 Å². The van der Waals surface area contributed by atoms with Crippen LogP contribution < -0.4 is 0 Å². The first-order chi connectivity index (χ1) is 5.92. The van der Waals surface area contributed by atoms with Gasteiger partial charge in [0.1, 0.15) is 0 Å². The molecule has 2 aromatic rings. The monoisotopic (exact) mass is 178 g/mol. The molecule has 0 bridgehead atoms. The third-order valence-corrected chi connectivity index (χ3v) is 2.95. The summed E-state index contributed by atoms with van der Waals surface area (Å²) in [6, 6.07) is 8.34. The van der Waals surface area contributed by atoms with Gasteiger partial charge >= 0.3 is 0 Å². The molecule has 1 nitrogen and oxygen atoms in total. The van der Waals surface area contributed by atoms with Crippen LogP contribution in [0.2, 0.25) is 0 Å². The summed E-state index contributed by atoms with van der Waals surface area (Å²) >= 11 is 1.74. The van der Waals surface area contributed by atoms with Gasteiger partial charge in [-0.3, -0.25) is 0 Å². The number of fused-ring (bicyclic) bond motifs is 1. The molecule has 2 rings (SSSR count). The van der Waals surface area contributed by atoms with Crippen LogP contribution in [0.15, 0.2) is 29.6 Å². The topological polar surface area (TPSA) is 20.2 Å². The van der Waals surface area contributed by atoms with Crippen LogP contribution in [0.1, 0.15) is 5.56 Å². The number of thiophene rings is 1. The van der Waals surface area contributed by atoms with Gasteiger partial charge in [0.05, 0.1) is 0 Å². The van der Waals surface area contributed by atoms with E-state index >= 15 is 0 Å². The lowest BCUT2D eigenvalue weighted by molar-refractivity contribution is 0.300. The zero-order chi connectivity index (χ0) is 8.39. The van der Waals surface area contributed by atoms with Crippen molar-refractivity contribution in [2.24, 2.45) is 0 Å². The van der Waals surface area contributed by atoms with Gasteiger partial charge in [-0.25, -0.2) is 0 Å². The number of aliphatic hydroxyl groups excluding tert-OH is 1. The van der Waals surface area contributed by atoms with Gasteiger partial charge in [0.2, 0.25) is 0 Å². The Morgan fingerprint density at radius 3 is 3.00 bits per heavy atom. The highest BCUT2D eigenvalue weighted by Crippen LogP contribution is 2.24. The van der Waals surface area contributed by atoms with Gasteiger partial charge in [-0.05, 0) is 28.8 Å². The molecular weight excluding hydrogens is 168 g/mol. The molecule has 0 radical (unpaired) electrons. The van der Waals surface area contributed by atoms with Crippen LogP contribution in [0, 0.1) is 0 Å². The summed E-state index contributed by atoms with van der Waals surface area (Å²) in [6.07, 6.45) is 0.762. The van der Waals surface area contributed by atoms with Crippen LogP contribution in [0.3, 0.4) is 0 Å². The second-order valence-electron chi connectivity index (χ2n) is 2.73. The van der Waals surface area contributed by atoms with Crippen molar-refractivity contribution in [3.05, 3.63) is 35.2 Å². The number of aliphatic hydroxyl groups is 1. The van der Waals surface area contributed by atoms with Gasteiger partial charge in [-0.2, -0.15) is 0 Å². The Morgan fingerprint density at radius 1 is 1.25 bits per heavy atom. The molecule has 0 aliphatic carbocycles. The highest BCUT2D eigenvalue weighted by molar-refractivity contribution is 7.17. The molecule has 1 heterocycles. The first-order valence-electron chi connectivity index (χ1n) is 3.98. The predicted octanol–water partition coefficient (Wildman–Crippen LogP) is 2.44. The minimum absolute atomic E-state index is 0.233. The van der Waals surface area contributed by atoms with E-state index in [0.29, 0.717) is 0 Å². The van der Waals surface area contributed by atoms with E-state index in [-0.39, 0.29) is 6.61 Å². The molecule has 1 aromatic carbocycles. The summed E-state index contributed by atoms with van der Waals surface area (Å²) in [5, 5.41) is 12.2. The molecule has 0 saturated carbocycles. The molecule has 0 aliphatic heterocycles. The van der Waals surface area contributed by atoms with Crippen molar-refractivity contribution in [1.29, 1.82) is 0 Å². The molecule has 0 unspecified atom stereocenters. The van der Waals surface area contributed by atoms with E-state index in [4.69, 9.17) is 5.11 Å². The molecule has 0 saturated heterocycles. The van der Waals surface area contributed by atoms with E-state index in [1.807, 2.05) is 6.07 Å². The Balaban J connectivity index is 2.57. The van der Waals surface area contributed by atoms with Crippen molar-refractivity contribution in [3.8, 4) is 0 Å². The zero-order valence-corrected chi connectivity index (χ0v) is 7.47. The zero-order valence-electron chi connectivity index (χ0n) is 6.66. The SMILES string of the molecule is OCCc1cccc2ccsc12. The summed E-state index contributed by atoms with van der Waals surface area (Å²) in [6.45, 7) is 0.233. The van der Waals surface area contributed by atoms with Crippen molar-refractivity contribution in [1.82, 2.24) is 0 Å². The molecule has 0 atom stereocenters. The summed E-state index contributed by atoms with van der Waals surface area (Å²) in [4.78, 5) is 0. The van der Waals surface area contributed by atoms with Crippen molar-refractivity contribution in [3.63, 3.8) is 0 Å². The fraction of sp³-hybridized carbons (Fsp3) is 0.200. The molecule has 1 N–H and O–H groups in total. The third kappa shape index (κ3) is 1.24. The minimum atomic E-state index is 0.233. The quantitative estimate of drug-likeness (QED) is 0.748. The average molecular weight is 178 g/mol. The van der Waals surface area contributed by atoms with Crippen LogP contribution in [-0.4, -0.2) is 11.7 Å². The van der Waals surface area contributed by atoms with Crippen molar-refractivity contribution >= 4 is 21.4 Å². The number of hydrogen-bond donors (Lipinski definition) is 1. The Hall–Kier alpha value is -0.860. The highest BCUT2D eigenvalue weighted by atomic mass is 32.1. The Labute approximate surface area is 75.3 Å². The smallest absolute Gasteiger partial charge is 0.0471 e. The molecule has 1 aromatic heterocycles. The molecular formula is C10H10OS. The maximum Gasteiger partial charge on any atom is 0.0471 e. The Bertz CT molecular complexity index is 378. The number of hydrogen-bond acceptors (Lipinski definition) is 2. The lowest BCUT2D eigenvalue weighted by Crippen LogP contribution is -1.89. The largest absolute Gasteiger partial charge is 0.396 e. The molecule has 0 aliphatic rings. The molecule has 0 fully saturated rings. The molecule has 0 amide bonds. The Kier molecular flexibility index (Phi) is 2.11. The fourth-order valence-electron chi connectivity index (χ4n) is 1.37. The van der Waals surface area contributed by atoms with Crippen LogP contribution in [0.5, 0.6) is 0 Å². The van der Waals surface area contributed by atoms with Crippen molar-refractivity contribution in [2.75, 3.05) is 6.61 Å². The first-order valence-corrected chi connectivity index (χ1v) is 4.86. The summed E-state index contributed by atoms with van der Waals surface area (Å²) in [7, 11) is 0. The summed E-state index contributed by atoms with van der Waals surface area (Å²) < 4.78 is 1.31. The Morgan fingerprint density at radius 2 is 2.17 bits per heavy atom. The van der Waals surface area contributed by atoms with Crippen LogP contribution >= 0.6 is 11.3 Å². The number of rotatable bonds is 2. The van der Waals surface area contributed by atoms with Crippen molar-refractivity contribution in [2.45, 2.75) is 6.42 Å². The van der Waals surface area contributed by atoms with Crippen molar-refractivity contribution < 1.29 is 5.11 Å². The maximum atomic E-state index is 8.82. The minimum Gasteiger partial charge on any atom is -0.396 e. The van der Waals surface area contributed by atoms with E-state index in [1.54, 1.807) is 11.3 Å². The molecule has 2 heteroatoms. The van der Waals surface area contributed by atoms with Gasteiger partial charge in [-0.1, -0.05) is 18.2 Å². The standard InChI is InChI=1S/C10H10OS/c11-6-4-8-2-1-3-9-5-7-12-10(8)9/h1-3,5,7,11H,4,6H2. The lowest BCUT2D eigenvalue weighted by Gasteiger charge is -1.98. The summed E-state index contributed by atoms with van der Waals surface area (Å²) in [5.41, 5.74) is 1.25. The van der Waals surface area contributed by atoms with E-state index < -0.39 is 0 Å². The highest BCUT2D eigenvalue weighted by Gasteiger charge is 1.99. The van der Waals surface area contributed by atoms with E-state index in [9.17, 15) is 0 Å². The van der Waals surface area contributed by atoms with Crippen LogP contribution in [0.4, 0.5) is 0 Å². The second kappa shape index (κ2) is 3.25. The first kappa shape index (κ1) is 7.77. The van der Waals surface area contributed by atoms with Gasteiger partial charge in [0.15, 0.2) is 0 Å². The van der Waals surface area contributed by atoms with Crippen LogP contribution in [-0.2, 0) is 6.42 Å². The van der Waals surface area contributed by atoms with E-state index in [1.165, 1.54) is 15.6 Å².